The highest BCUT2D eigenvalue weighted by atomic mass is 14.8. The van der Waals surface area contributed by atoms with E-state index in [-0.39, 0.29) is 0 Å². The van der Waals surface area contributed by atoms with Gasteiger partial charge >= 0.3 is 0 Å². The lowest BCUT2D eigenvalue weighted by Crippen LogP contribution is -2.08. The molecule has 3 aromatic heterocycles. The standard InChI is InChI=1S/C31H23N3/c1-3-20-17-18-25-30(21(20)4-2)24-10-5-6-13-28(24)34-31(25)29-16-8-15-27(33-29)23-11-7-14-26-22(23)12-9-19-32-26/h3-16,19H,1-2,17-18H2. The molecule has 3 heteroatoms. The average Bonchev–Trinajstić information content (AvgIpc) is 2.91. The van der Waals surface area contributed by atoms with Gasteiger partial charge in [0.1, 0.15) is 0 Å². The summed E-state index contributed by atoms with van der Waals surface area (Å²) < 4.78 is 0. The third-order valence-corrected chi connectivity index (χ3v) is 6.62. The number of aromatic nitrogens is 3. The molecule has 2 aromatic carbocycles. The second-order valence-electron chi connectivity index (χ2n) is 8.46. The summed E-state index contributed by atoms with van der Waals surface area (Å²) in [5.74, 6) is 0. The maximum atomic E-state index is 5.12. The van der Waals surface area contributed by atoms with Crippen molar-refractivity contribution < 1.29 is 0 Å². The van der Waals surface area contributed by atoms with E-state index in [1.165, 1.54) is 16.7 Å². The van der Waals surface area contributed by atoms with Crippen molar-refractivity contribution in [1.82, 2.24) is 15.0 Å². The molecule has 3 heterocycles. The van der Waals surface area contributed by atoms with Crippen LogP contribution in [-0.4, -0.2) is 15.0 Å². The van der Waals surface area contributed by atoms with E-state index in [1.54, 1.807) is 0 Å². The molecule has 0 N–H and O–H groups in total. The molecule has 6 rings (SSSR count). The number of hydrogen-bond acceptors (Lipinski definition) is 3. The Morgan fingerprint density at radius 2 is 1.47 bits per heavy atom. The van der Waals surface area contributed by atoms with Gasteiger partial charge in [0.25, 0.3) is 0 Å². The first kappa shape index (κ1) is 20.3. The molecule has 34 heavy (non-hydrogen) atoms. The lowest BCUT2D eigenvalue weighted by Gasteiger charge is -2.24. The van der Waals surface area contributed by atoms with Crippen molar-refractivity contribution in [2.24, 2.45) is 0 Å². The van der Waals surface area contributed by atoms with E-state index in [2.05, 4.69) is 66.7 Å². The van der Waals surface area contributed by atoms with Gasteiger partial charge in [-0.3, -0.25) is 4.98 Å². The maximum Gasteiger partial charge on any atom is 0.0932 e. The van der Waals surface area contributed by atoms with E-state index in [0.29, 0.717) is 0 Å². The highest BCUT2D eigenvalue weighted by Crippen LogP contribution is 2.41. The molecule has 0 saturated carbocycles. The smallest absolute Gasteiger partial charge is 0.0932 e. The van der Waals surface area contributed by atoms with Crippen molar-refractivity contribution in [1.29, 1.82) is 0 Å². The normalized spacial score (nSPS) is 13.2. The van der Waals surface area contributed by atoms with Gasteiger partial charge in [0, 0.05) is 22.5 Å². The lowest BCUT2D eigenvalue weighted by molar-refractivity contribution is 0.940. The predicted octanol–water partition coefficient (Wildman–Crippen LogP) is 7.58. The molecule has 1 aliphatic carbocycles. The molecule has 0 saturated heterocycles. The molecule has 0 aliphatic heterocycles. The van der Waals surface area contributed by atoms with Crippen molar-refractivity contribution >= 4 is 27.4 Å². The van der Waals surface area contributed by atoms with Crippen LogP contribution in [0.25, 0.3) is 50.0 Å². The second kappa shape index (κ2) is 8.20. The third-order valence-electron chi connectivity index (χ3n) is 6.62. The molecule has 0 radical (unpaired) electrons. The van der Waals surface area contributed by atoms with Gasteiger partial charge < -0.3 is 0 Å². The van der Waals surface area contributed by atoms with Crippen LogP contribution in [-0.2, 0) is 6.42 Å². The van der Waals surface area contributed by atoms with Gasteiger partial charge in [-0.05, 0) is 65.4 Å². The van der Waals surface area contributed by atoms with Crippen molar-refractivity contribution in [3.8, 4) is 22.6 Å². The van der Waals surface area contributed by atoms with Crippen molar-refractivity contribution in [3.63, 3.8) is 0 Å². The first-order valence-corrected chi connectivity index (χ1v) is 11.5. The van der Waals surface area contributed by atoms with Crippen LogP contribution in [0, 0.1) is 0 Å². The molecule has 0 spiro atoms. The molecule has 0 unspecified atom stereocenters. The van der Waals surface area contributed by atoms with Crippen LogP contribution in [0.3, 0.4) is 0 Å². The summed E-state index contributed by atoms with van der Waals surface area (Å²) >= 11 is 0. The number of hydrogen-bond donors (Lipinski definition) is 0. The summed E-state index contributed by atoms with van der Waals surface area (Å²) in [6, 6.07) is 24.7. The maximum absolute atomic E-state index is 5.12. The number of fused-ring (bicyclic) bond motifs is 4. The van der Waals surface area contributed by atoms with E-state index >= 15 is 0 Å². The summed E-state index contributed by atoms with van der Waals surface area (Å²) in [5.41, 5.74) is 10.5. The molecule has 0 atom stereocenters. The van der Waals surface area contributed by atoms with Gasteiger partial charge in [-0.2, -0.15) is 0 Å². The van der Waals surface area contributed by atoms with Gasteiger partial charge in [-0.25, -0.2) is 9.97 Å². The molecule has 5 aromatic rings. The van der Waals surface area contributed by atoms with Gasteiger partial charge in [-0.15, -0.1) is 0 Å². The summed E-state index contributed by atoms with van der Waals surface area (Å²) in [6.07, 6.45) is 7.55. The van der Waals surface area contributed by atoms with Crippen LogP contribution in [0.1, 0.15) is 17.5 Å². The molecule has 0 bridgehead atoms. The van der Waals surface area contributed by atoms with Gasteiger partial charge in [0.2, 0.25) is 0 Å². The first-order chi connectivity index (χ1) is 16.8. The fraction of sp³-hybridized carbons (Fsp3) is 0.0645. The molecule has 0 fully saturated rings. The number of allylic oxidation sites excluding steroid dienone is 4. The third kappa shape index (κ3) is 3.17. The SMILES string of the molecule is C=CC1=C(C=C)c2c(c(-c3cccc(-c4cccc5ncccc45)n3)nc3ccccc23)CC1. The zero-order chi connectivity index (χ0) is 23.1. The molecule has 3 nitrogen and oxygen atoms in total. The van der Waals surface area contributed by atoms with Crippen molar-refractivity contribution in [2.45, 2.75) is 12.8 Å². The second-order valence-corrected chi connectivity index (χ2v) is 8.46. The summed E-state index contributed by atoms with van der Waals surface area (Å²) in [6.45, 7) is 8.17. The average molecular weight is 438 g/mol. The minimum absolute atomic E-state index is 0.880. The number of para-hydroxylation sites is 1. The number of benzene rings is 2. The van der Waals surface area contributed by atoms with E-state index in [9.17, 15) is 0 Å². The quantitative estimate of drug-likeness (QED) is 0.291. The Labute approximate surface area is 198 Å². The summed E-state index contributed by atoms with van der Waals surface area (Å²) in [5, 5.41) is 2.24. The van der Waals surface area contributed by atoms with Gasteiger partial charge in [-0.1, -0.05) is 67.8 Å². The summed E-state index contributed by atoms with van der Waals surface area (Å²) in [7, 11) is 0. The molecular formula is C31H23N3. The Balaban J connectivity index is 1.61. The van der Waals surface area contributed by atoms with Crippen LogP contribution in [0.5, 0.6) is 0 Å². The fourth-order valence-electron chi connectivity index (χ4n) is 5.06. The van der Waals surface area contributed by atoms with E-state index in [1.807, 2.05) is 42.6 Å². The van der Waals surface area contributed by atoms with Crippen LogP contribution in [0.15, 0.2) is 110 Å². The zero-order valence-corrected chi connectivity index (χ0v) is 18.8. The lowest BCUT2D eigenvalue weighted by atomic mass is 9.82. The van der Waals surface area contributed by atoms with Gasteiger partial charge in [0.15, 0.2) is 0 Å². The van der Waals surface area contributed by atoms with Crippen LogP contribution < -0.4 is 0 Å². The van der Waals surface area contributed by atoms with Gasteiger partial charge in [0.05, 0.1) is 28.1 Å². The fourth-order valence-corrected chi connectivity index (χ4v) is 5.06. The number of pyridine rings is 3. The molecule has 0 amide bonds. The highest BCUT2D eigenvalue weighted by Gasteiger charge is 2.24. The largest absolute Gasteiger partial charge is 0.256 e. The number of nitrogens with zero attached hydrogens (tertiary/aromatic N) is 3. The highest BCUT2D eigenvalue weighted by molar-refractivity contribution is 6.00. The number of rotatable bonds is 4. The topological polar surface area (TPSA) is 38.7 Å². The van der Waals surface area contributed by atoms with E-state index in [4.69, 9.17) is 9.97 Å². The molecule has 162 valence electrons. The minimum Gasteiger partial charge on any atom is -0.256 e. The Bertz CT molecular complexity index is 1640. The summed E-state index contributed by atoms with van der Waals surface area (Å²) in [4.78, 5) is 14.7. The van der Waals surface area contributed by atoms with Crippen LogP contribution >= 0.6 is 0 Å². The Hall–Kier alpha value is -4.37. The minimum atomic E-state index is 0.880. The van der Waals surface area contributed by atoms with Crippen molar-refractivity contribution in [3.05, 3.63) is 121 Å². The monoisotopic (exact) mass is 437 g/mol. The van der Waals surface area contributed by atoms with E-state index < -0.39 is 0 Å². The zero-order valence-electron chi connectivity index (χ0n) is 18.8. The van der Waals surface area contributed by atoms with E-state index in [0.717, 1.165) is 62.9 Å². The Morgan fingerprint density at radius 3 is 2.35 bits per heavy atom. The predicted molar refractivity (Wildman–Crippen MR) is 141 cm³/mol. The first-order valence-electron chi connectivity index (χ1n) is 11.5. The molecular weight excluding hydrogens is 414 g/mol. The Morgan fingerprint density at radius 1 is 0.676 bits per heavy atom. The molecule has 1 aliphatic rings. The van der Waals surface area contributed by atoms with Crippen LogP contribution in [0.2, 0.25) is 0 Å². The Kier molecular flexibility index (Phi) is 4.88. The van der Waals surface area contributed by atoms with Crippen LogP contribution in [0.4, 0.5) is 0 Å². The van der Waals surface area contributed by atoms with Crippen molar-refractivity contribution in [2.75, 3.05) is 0 Å².